The summed E-state index contributed by atoms with van der Waals surface area (Å²) in [5.41, 5.74) is 0. The Morgan fingerprint density at radius 3 is 2.76 bits per heavy atom. The van der Waals surface area contributed by atoms with Gasteiger partial charge < -0.3 is 19.9 Å². The minimum Gasteiger partial charge on any atom is -0.383 e. The summed E-state index contributed by atoms with van der Waals surface area (Å²) in [7, 11) is 1.65. The number of nitrogens with zero attached hydrogens (tertiary/aromatic N) is 4. The molecule has 1 N–H and O–H groups in total. The van der Waals surface area contributed by atoms with E-state index in [0.29, 0.717) is 19.7 Å². The summed E-state index contributed by atoms with van der Waals surface area (Å²) in [4.78, 5) is 26.0. The first-order valence-corrected chi connectivity index (χ1v) is 8.58. The molecule has 7 nitrogen and oxygen atoms in total. The second-order valence-corrected chi connectivity index (χ2v) is 6.27. The highest BCUT2D eigenvalue weighted by Crippen LogP contribution is 2.27. The van der Waals surface area contributed by atoms with Crippen LogP contribution in [0.25, 0.3) is 10.2 Å². The molecule has 1 aliphatic heterocycles. The number of carbonyl (C=O) groups excluding carboxylic acids is 1. The van der Waals surface area contributed by atoms with E-state index in [4.69, 9.17) is 4.74 Å². The number of aromatic nitrogens is 2. The molecule has 1 saturated heterocycles. The lowest BCUT2D eigenvalue weighted by Gasteiger charge is -2.35. The van der Waals surface area contributed by atoms with Crippen molar-refractivity contribution < 1.29 is 9.53 Å². The van der Waals surface area contributed by atoms with Gasteiger partial charge in [-0.2, -0.15) is 0 Å². The molecule has 0 spiro atoms. The Labute approximate surface area is 163 Å². The molecule has 0 unspecified atom stereocenters. The second kappa shape index (κ2) is 10.7. The monoisotopic (exact) mass is 407 g/mol. The number of carbonyl (C=O) groups is 1. The Morgan fingerprint density at radius 1 is 1.28 bits per heavy atom. The van der Waals surface area contributed by atoms with Crippen molar-refractivity contribution in [1.29, 1.82) is 0 Å². The molecule has 0 atom stereocenters. The molecule has 3 heterocycles. The van der Waals surface area contributed by atoms with Gasteiger partial charge >= 0.3 is 0 Å². The van der Waals surface area contributed by atoms with Crippen LogP contribution in [0.1, 0.15) is 0 Å². The van der Waals surface area contributed by atoms with Gasteiger partial charge in [-0.25, -0.2) is 9.97 Å². The average Bonchev–Trinajstić information content (AvgIpc) is 3.07. The molecule has 0 saturated carbocycles. The van der Waals surface area contributed by atoms with E-state index in [0.717, 1.165) is 42.2 Å². The van der Waals surface area contributed by atoms with Crippen LogP contribution in [-0.2, 0) is 9.53 Å². The smallest absolute Gasteiger partial charge is 0.236 e. The zero-order valence-corrected chi connectivity index (χ0v) is 16.5. The van der Waals surface area contributed by atoms with Crippen LogP contribution in [0.2, 0.25) is 0 Å². The van der Waals surface area contributed by atoms with E-state index in [1.165, 1.54) is 0 Å². The number of rotatable bonds is 6. The van der Waals surface area contributed by atoms with E-state index in [9.17, 15) is 4.79 Å². The van der Waals surface area contributed by atoms with E-state index in [1.807, 2.05) is 10.3 Å². The predicted octanol–water partition coefficient (Wildman–Crippen LogP) is 1.42. The third-order valence-corrected chi connectivity index (χ3v) is 4.75. The fraction of sp³-hybridized carbons (Fsp3) is 0.533. The molecule has 25 heavy (non-hydrogen) atoms. The molecule has 1 amide bonds. The van der Waals surface area contributed by atoms with Gasteiger partial charge in [0.1, 0.15) is 17.0 Å². The van der Waals surface area contributed by atoms with Crippen LogP contribution in [0.4, 0.5) is 5.82 Å². The number of methoxy groups -OCH3 is 1. The Kier molecular flexibility index (Phi) is 9.37. The number of hydrogen-bond acceptors (Lipinski definition) is 7. The molecule has 1 fully saturated rings. The Bertz CT molecular complexity index is 664. The SMILES string of the molecule is COCCNCC(=O)N1CCN(c2ncnc3sccc23)CC1.Cl.Cl. The Hall–Kier alpha value is -1.19. The molecule has 0 radical (unpaired) electrons. The van der Waals surface area contributed by atoms with Crippen molar-refractivity contribution in [3.8, 4) is 0 Å². The maximum Gasteiger partial charge on any atom is 0.236 e. The summed E-state index contributed by atoms with van der Waals surface area (Å²) >= 11 is 1.62. The van der Waals surface area contributed by atoms with Crippen molar-refractivity contribution in [2.45, 2.75) is 0 Å². The summed E-state index contributed by atoms with van der Waals surface area (Å²) in [5.74, 6) is 1.12. The standard InChI is InChI=1S/C15H21N5O2S.2ClH/c1-22-8-3-16-10-13(21)19-4-6-20(7-5-19)14-12-2-9-23-15(12)18-11-17-14;;/h2,9,11,16H,3-8,10H2,1H3;2*1H. The van der Waals surface area contributed by atoms with Crippen molar-refractivity contribution in [3.05, 3.63) is 17.8 Å². The molecule has 140 valence electrons. The lowest BCUT2D eigenvalue weighted by atomic mass is 10.2. The van der Waals surface area contributed by atoms with Crippen molar-refractivity contribution >= 4 is 58.1 Å². The minimum absolute atomic E-state index is 0. The van der Waals surface area contributed by atoms with E-state index < -0.39 is 0 Å². The summed E-state index contributed by atoms with van der Waals surface area (Å²) in [5, 5.41) is 6.23. The zero-order valence-electron chi connectivity index (χ0n) is 14.0. The average molecular weight is 408 g/mol. The number of hydrogen-bond donors (Lipinski definition) is 1. The maximum absolute atomic E-state index is 12.2. The van der Waals surface area contributed by atoms with Gasteiger partial charge in [0.25, 0.3) is 0 Å². The van der Waals surface area contributed by atoms with Gasteiger partial charge in [-0.05, 0) is 11.4 Å². The number of piperazine rings is 1. The van der Waals surface area contributed by atoms with Crippen molar-refractivity contribution in [2.24, 2.45) is 0 Å². The Balaban J connectivity index is 0.00000156. The van der Waals surface area contributed by atoms with Crippen LogP contribution in [0.15, 0.2) is 17.8 Å². The number of anilines is 1. The first-order chi connectivity index (χ1) is 11.3. The number of ether oxygens (including phenoxy) is 1. The predicted molar refractivity (Wildman–Crippen MR) is 105 cm³/mol. The van der Waals surface area contributed by atoms with E-state index in [-0.39, 0.29) is 30.7 Å². The van der Waals surface area contributed by atoms with Crippen LogP contribution >= 0.6 is 36.2 Å². The van der Waals surface area contributed by atoms with Crippen LogP contribution in [-0.4, -0.2) is 73.8 Å². The van der Waals surface area contributed by atoms with Gasteiger partial charge in [0.15, 0.2) is 0 Å². The first-order valence-electron chi connectivity index (χ1n) is 7.70. The maximum atomic E-state index is 12.2. The highest BCUT2D eigenvalue weighted by Gasteiger charge is 2.22. The number of nitrogens with one attached hydrogen (secondary N) is 1. The molecule has 0 bridgehead atoms. The molecule has 2 aromatic rings. The number of halogens is 2. The summed E-state index contributed by atoms with van der Waals surface area (Å²) < 4.78 is 4.96. The van der Waals surface area contributed by atoms with E-state index in [2.05, 4.69) is 26.3 Å². The lowest BCUT2D eigenvalue weighted by Crippen LogP contribution is -2.51. The van der Waals surface area contributed by atoms with Gasteiger partial charge in [-0.3, -0.25) is 4.79 Å². The summed E-state index contributed by atoms with van der Waals surface area (Å²) in [6.45, 7) is 4.72. The highest BCUT2D eigenvalue weighted by atomic mass is 35.5. The van der Waals surface area contributed by atoms with Gasteiger partial charge in [0.2, 0.25) is 5.91 Å². The zero-order chi connectivity index (χ0) is 16.1. The van der Waals surface area contributed by atoms with Gasteiger partial charge in [-0.15, -0.1) is 36.2 Å². The largest absolute Gasteiger partial charge is 0.383 e. The molecule has 0 aliphatic carbocycles. The van der Waals surface area contributed by atoms with Crippen LogP contribution in [0, 0.1) is 0 Å². The molecule has 2 aromatic heterocycles. The third-order valence-electron chi connectivity index (χ3n) is 3.93. The van der Waals surface area contributed by atoms with E-state index in [1.54, 1.807) is 24.8 Å². The third kappa shape index (κ3) is 5.39. The lowest BCUT2D eigenvalue weighted by molar-refractivity contribution is -0.130. The molecule has 10 heteroatoms. The molecule has 0 aromatic carbocycles. The summed E-state index contributed by atoms with van der Waals surface area (Å²) in [6, 6.07) is 2.06. The molecular formula is C15H23Cl2N5O2S. The van der Waals surface area contributed by atoms with Crippen LogP contribution in [0.5, 0.6) is 0 Å². The van der Waals surface area contributed by atoms with Crippen molar-refractivity contribution in [2.75, 3.05) is 57.9 Å². The van der Waals surface area contributed by atoms with Crippen molar-refractivity contribution in [3.63, 3.8) is 0 Å². The van der Waals surface area contributed by atoms with Crippen LogP contribution in [0.3, 0.4) is 0 Å². The molecular weight excluding hydrogens is 385 g/mol. The van der Waals surface area contributed by atoms with Crippen LogP contribution < -0.4 is 10.2 Å². The Morgan fingerprint density at radius 2 is 2.04 bits per heavy atom. The van der Waals surface area contributed by atoms with Gasteiger partial charge in [0.05, 0.1) is 18.5 Å². The topological polar surface area (TPSA) is 70.6 Å². The quantitative estimate of drug-likeness (QED) is 0.730. The van der Waals surface area contributed by atoms with Crippen molar-refractivity contribution in [1.82, 2.24) is 20.2 Å². The number of thiophene rings is 1. The van der Waals surface area contributed by atoms with Gasteiger partial charge in [0, 0.05) is 39.8 Å². The molecule has 1 aliphatic rings. The second-order valence-electron chi connectivity index (χ2n) is 5.37. The molecule has 3 rings (SSSR count). The normalized spacial score (nSPS) is 14.1. The minimum atomic E-state index is 0. The fourth-order valence-electron chi connectivity index (χ4n) is 2.68. The highest BCUT2D eigenvalue weighted by molar-refractivity contribution is 7.16. The van der Waals surface area contributed by atoms with Gasteiger partial charge in [-0.1, -0.05) is 0 Å². The summed E-state index contributed by atoms with van der Waals surface area (Å²) in [6.07, 6.45) is 1.62. The first kappa shape index (κ1) is 21.9. The number of fused-ring (bicyclic) bond motifs is 1. The van der Waals surface area contributed by atoms with E-state index >= 15 is 0 Å². The number of amides is 1. The fourth-order valence-corrected chi connectivity index (χ4v) is 3.41.